The summed E-state index contributed by atoms with van der Waals surface area (Å²) in [5.74, 6) is -0.679. The summed E-state index contributed by atoms with van der Waals surface area (Å²) >= 11 is 0. The van der Waals surface area contributed by atoms with Crippen LogP contribution in [0, 0.1) is 0 Å². The second-order valence-corrected chi connectivity index (χ2v) is 5.60. The molecule has 0 aromatic heterocycles. The molecule has 0 N–H and O–H groups in total. The third-order valence-corrected chi connectivity index (χ3v) is 3.19. The first-order valence-electron chi connectivity index (χ1n) is 4.67. The minimum absolute atomic E-state index is 0.0362. The van der Waals surface area contributed by atoms with Crippen LogP contribution >= 0.6 is 10.7 Å². The van der Waals surface area contributed by atoms with Crippen molar-refractivity contribution < 1.29 is 17.9 Å². The monoisotopic (exact) mass is 262 g/mol. The summed E-state index contributed by atoms with van der Waals surface area (Å²) in [6, 6.07) is 5.68. The van der Waals surface area contributed by atoms with E-state index in [4.69, 9.17) is 15.4 Å². The molecule has 0 amide bonds. The highest BCUT2D eigenvalue weighted by Gasteiger charge is 2.20. The van der Waals surface area contributed by atoms with Gasteiger partial charge in [0.15, 0.2) is 0 Å². The first-order chi connectivity index (χ1) is 7.46. The lowest BCUT2D eigenvalue weighted by atomic mass is 10.2. The Kier molecular flexibility index (Phi) is 4.32. The molecule has 0 bridgehead atoms. The topological polar surface area (TPSA) is 60.4 Å². The first kappa shape index (κ1) is 13.0. The van der Waals surface area contributed by atoms with Gasteiger partial charge in [-0.1, -0.05) is 19.1 Å². The Morgan fingerprint density at radius 1 is 1.38 bits per heavy atom. The molecule has 1 aromatic carbocycles. The normalized spacial score (nSPS) is 11.1. The molecule has 0 saturated heterocycles. The van der Waals surface area contributed by atoms with Crippen LogP contribution in [0.25, 0.3) is 0 Å². The fraction of sp³-hybridized carbons (Fsp3) is 0.300. The van der Waals surface area contributed by atoms with Crippen LogP contribution < -0.4 is 0 Å². The summed E-state index contributed by atoms with van der Waals surface area (Å²) in [5, 5.41) is 0. The highest BCUT2D eigenvalue weighted by molar-refractivity contribution is 8.13. The van der Waals surface area contributed by atoms with Crippen molar-refractivity contribution in [2.24, 2.45) is 0 Å². The van der Waals surface area contributed by atoms with Gasteiger partial charge in [0, 0.05) is 10.7 Å². The summed E-state index contributed by atoms with van der Waals surface area (Å²) in [4.78, 5) is 11.3. The van der Waals surface area contributed by atoms with Crippen LogP contribution in [0.1, 0.15) is 23.7 Å². The van der Waals surface area contributed by atoms with Crippen LogP contribution in [-0.4, -0.2) is 21.0 Å². The van der Waals surface area contributed by atoms with Crippen molar-refractivity contribution in [1.29, 1.82) is 0 Å². The van der Waals surface area contributed by atoms with Gasteiger partial charge in [-0.15, -0.1) is 0 Å². The molecule has 0 unspecified atom stereocenters. The average molecular weight is 263 g/mol. The standard InChI is InChI=1S/C10H11ClO4S/c1-2-7-15-10(12)8-5-3-4-6-9(8)16(11,13)14/h3-6H,2,7H2,1H3. The number of hydrogen-bond acceptors (Lipinski definition) is 4. The number of hydrogen-bond donors (Lipinski definition) is 0. The number of benzene rings is 1. The summed E-state index contributed by atoms with van der Waals surface area (Å²) in [6.07, 6.45) is 0.668. The Hall–Kier alpha value is -1.07. The third-order valence-electron chi connectivity index (χ3n) is 1.81. The SMILES string of the molecule is CCCOC(=O)c1ccccc1S(=O)(=O)Cl. The maximum Gasteiger partial charge on any atom is 0.339 e. The summed E-state index contributed by atoms with van der Waals surface area (Å²) in [7, 11) is 1.27. The summed E-state index contributed by atoms with van der Waals surface area (Å²) in [5.41, 5.74) is -0.0362. The van der Waals surface area contributed by atoms with E-state index >= 15 is 0 Å². The van der Waals surface area contributed by atoms with Crippen LogP contribution in [0.5, 0.6) is 0 Å². The Morgan fingerprint density at radius 3 is 2.56 bits per heavy atom. The second-order valence-electron chi connectivity index (χ2n) is 3.07. The van der Waals surface area contributed by atoms with Gasteiger partial charge in [-0.3, -0.25) is 0 Å². The van der Waals surface area contributed by atoms with E-state index in [0.29, 0.717) is 6.42 Å². The van der Waals surface area contributed by atoms with Gasteiger partial charge in [-0.25, -0.2) is 13.2 Å². The van der Waals surface area contributed by atoms with E-state index in [-0.39, 0.29) is 17.1 Å². The number of halogens is 1. The fourth-order valence-electron chi connectivity index (χ4n) is 1.12. The van der Waals surface area contributed by atoms with Crippen LogP contribution in [0.15, 0.2) is 29.2 Å². The zero-order chi connectivity index (χ0) is 12.2. The predicted octanol–water partition coefficient (Wildman–Crippen LogP) is 2.18. The van der Waals surface area contributed by atoms with Crippen molar-refractivity contribution in [3.05, 3.63) is 29.8 Å². The number of carbonyl (C=O) groups is 1. The van der Waals surface area contributed by atoms with Gasteiger partial charge in [0.2, 0.25) is 0 Å². The number of ether oxygens (including phenoxy) is 1. The van der Waals surface area contributed by atoms with Gasteiger partial charge in [-0.05, 0) is 18.6 Å². The van der Waals surface area contributed by atoms with Crippen molar-refractivity contribution in [3.8, 4) is 0 Å². The van der Waals surface area contributed by atoms with Crippen molar-refractivity contribution in [3.63, 3.8) is 0 Å². The molecule has 1 aromatic rings. The minimum Gasteiger partial charge on any atom is -0.462 e. The Morgan fingerprint density at radius 2 is 2.00 bits per heavy atom. The van der Waals surface area contributed by atoms with Crippen LogP contribution in [0.2, 0.25) is 0 Å². The van der Waals surface area contributed by atoms with Crippen LogP contribution in [0.3, 0.4) is 0 Å². The van der Waals surface area contributed by atoms with Crippen LogP contribution in [-0.2, 0) is 13.8 Å². The molecule has 0 aliphatic heterocycles. The quantitative estimate of drug-likeness (QED) is 0.616. The molecule has 16 heavy (non-hydrogen) atoms. The van der Waals surface area contributed by atoms with Gasteiger partial charge >= 0.3 is 5.97 Å². The van der Waals surface area contributed by atoms with E-state index in [0.717, 1.165) is 0 Å². The molecule has 0 spiro atoms. The molecule has 0 radical (unpaired) electrons. The van der Waals surface area contributed by atoms with Gasteiger partial charge in [0.1, 0.15) is 0 Å². The molecule has 4 nitrogen and oxygen atoms in total. The molecule has 0 atom stereocenters. The smallest absolute Gasteiger partial charge is 0.339 e. The molecule has 0 aliphatic carbocycles. The van der Waals surface area contributed by atoms with Crippen molar-refractivity contribution >= 4 is 25.7 Å². The fourth-order valence-corrected chi connectivity index (χ4v) is 2.18. The molecule has 6 heteroatoms. The predicted molar refractivity (Wildman–Crippen MR) is 60.1 cm³/mol. The molecule has 0 heterocycles. The van der Waals surface area contributed by atoms with E-state index in [2.05, 4.69) is 0 Å². The highest BCUT2D eigenvalue weighted by atomic mass is 35.7. The number of carbonyl (C=O) groups excluding carboxylic acids is 1. The molecule has 88 valence electrons. The molecular formula is C10H11ClO4S. The molecular weight excluding hydrogens is 252 g/mol. The van der Waals surface area contributed by atoms with E-state index in [1.165, 1.54) is 18.2 Å². The maximum atomic E-state index is 11.5. The molecule has 1 rings (SSSR count). The Bertz CT molecular complexity index is 481. The van der Waals surface area contributed by atoms with E-state index in [9.17, 15) is 13.2 Å². The second kappa shape index (κ2) is 5.32. The zero-order valence-corrected chi connectivity index (χ0v) is 10.2. The van der Waals surface area contributed by atoms with Gasteiger partial charge in [-0.2, -0.15) is 0 Å². The minimum atomic E-state index is -3.93. The molecule has 0 aliphatic rings. The maximum absolute atomic E-state index is 11.5. The van der Waals surface area contributed by atoms with E-state index in [1.807, 2.05) is 6.92 Å². The number of rotatable bonds is 4. The zero-order valence-electron chi connectivity index (χ0n) is 8.64. The lowest BCUT2D eigenvalue weighted by Crippen LogP contribution is -2.10. The lowest BCUT2D eigenvalue weighted by molar-refractivity contribution is 0.0500. The highest BCUT2D eigenvalue weighted by Crippen LogP contribution is 2.20. The van der Waals surface area contributed by atoms with Crippen molar-refractivity contribution in [2.75, 3.05) is 6.61 Å². The van der Waals surface area contributed by atoms with Crippen molar-refractivity contribution in [1.82, 2.24) is 0 Å². The lowest BCUT2D eigenvalue weighted by Gasteiger charge is -2.06. The Balaban J connectivity index is 3.09. The van der Waals surface area contributed by atoms with E-state index < -0.39 is 15.0 Å². The van der Waals surface area contributed by atoms with Gasteiger partial charge in [0.25, 0.3) is 9.05 Å². The Labute approximate surface area is 98.6 Å². The number of esters is 1. The van der Waals surface area contributed by atoms with Crippen LogP contribution in [0.4, 0.5) is 0 Å². The summed E-state index contributed by atoms with van der Waals surface area (Å²) < 4.78 is 27.2. The molecule has 0 saturated carbocycles. The third kappa shape index (κ3) is 3.21. The van der Waals surface area contributed by atoms with E-state index in [1.54, 1.807) is 6.07 Å². The molecule has 0 fully saturated rings. The van der Waals surface area contributed by atoms with Gasteiger partial charge in [0.05, 0.1) is 17.1 Å². The first-order valence-corrected chi connectivity index (χ1v) is 6.98. The average Bonchev–Trinajstić information content (AvgIpc) is 2.24. The van der Waals surface area contributed by atoms with Gasteiger partial charge < -0.3 is 4.74 Å². The summed E-state index contributed by atoms with van der Waals surface area (Å²) in [6.45, 7) is 2.09. The van der Waals surface area contributed by atoms with Crippen molar-refractivity contribution in [2.45, 2.75) is 18.2 Å². The largest absolute Gasteiger partial charge is 0.462 e.